The highest BCUT2D eigenvalue weighted by Gasteiger charge is 2.15. The molecule has 6 heteroatoms. The fraction of sp³-hybridized carbons (Fsp3) is 0.733. The molecule has 1 aromatic rings. The fourth-order valence-electron chi connectivity index (χ4n) is 2.65. The van der Waals surface area contributed by atoms with Crippen molar-refractivity contribution >= 4 is 6.03 Å². The second kappa shape index (κ2) is 8.02. The molecule has 2 rings (SSSR count). The zero-order valence-electron chi connectivity index (χ0n) is 13.1. The lowest BCUT2D eigenvalue weighted by molar-refractivity contribution is 0.217. The zero-order valence-corrected chi connectivity index (χ0v) is 13.1. The Bertz CT molecular complexity index is 437. The van der Waals surface area contributed by atoms with Crippen LogP contribution in [0.4, 0.5) is 4.79 Å². The summed E-state index contributed by atoms with van der Waals surface area (Å²) in [7, 11) is 3.47. The van der Waals surface area contributed by atoms with Crippen molar-refractivity contribution in [2.24, 2.45) is 0 Å². The van der Waals surface area contributed by atoms with Crippen LogP contribution in [0.15, 0.2) is 12.3 Å². The smallest absolute Gasteiger partial charge is 0.316 e. The minimum atomic E-state index is -0.0571. The van der Waals surface area contributed by atoms with Gasteiger partial charge in [-0.3, -0.25) is 4.68 Å². The van der Waals surface area contributed by atoms with Gasteiger partial charge in [0.1, 0.15) is 0 Å². The molecule has 2 N–H and O–H groups in total. The van der Waals surface area contributed by atoms with Crippen LogP contribution in [0.5, 0.6) is 0 Å². The third-order valence-corrected chi connectivity index (χ3v) is 3.90. The second-order valence-electron chi connectivity index (χ2n) is 5.88. The van der Waals surface area contributed by atoms with Crippen LogP contribution >= 0.6 is 0 Å². The highest BCUT2D eigenvalue weighted by molar-refractivity contribution is 5.73. The Morgan fingerprint density at radius 1 is 1.33 bits per heavy atom. The molecule has 0 aliphatic heterocycles. The number of nitrogens with zero attached hydrogens (tertiary/aromatic N) is 3. The summed E-state index contributed by atoms with van der Waals surface area (Å²) in [5.74, 6) is 0. The van der Waals surface area contributed by atoms with Gasteiger partial charge in [0.2, 0.25) is 0 Å². The van der Waals surface area contributed by atoms with Crippen LogP contribution in [0, 0.1) is 0 Å². The Morgan fingerprint density at radius 3 is 2.81 bits per heavy atom. The number of hydrogen-bond acceptors (Lipinski definition) is 3. The van der Waals surface area contributed by atoms with Gasteiger partial charge < -0.3 is 15.5 Å². The van der Waals surface area contributed by atoms with Gasteiger partial charge in [-0.2, -0.15) is 5.10 Å². The number of hydrogen-bond donors (Lipinski definition) is 2. The van der Waals surface area contributed by atoms with E-state index in [0.29, 0.717) is 12.6 Å². The number of aromatic nitrogens is 2. The van der Waals surface area contributed by atoms with Crippen molar-refractivity contribution < 1.29 is 4.79 Å². The summed E-state index contributed by atoms with van der Waals surface area (Å²) in [5.41, 5.74) is 1.07. The van der Waals surface area contributed by atoms with Gasteiger partial charge in [-0.05, 0) is 18.9 Å². The maximum Gasteiger partial charge on any atom is 0.316 e. The van der Waals surface area contributed by atoms with Crippen molar-refractivity contribution in [2.75, 3.05) is 27.2 Å². The van der Waals surface area contributed by atoms with Gasteiger partial charge in [0.25, 0.3) is 0 Å². The first-order chi connectivity index (χ1) is 10.2. The number of urea groups is 1. The maximum atomic E-state index is 11.3. The Morgan fingerprint density at radius 2 is 2.10 bits per heavy atom. The lowest BCUT2D eigenvalue weighted by atomic mass is 9.96. The van der Waals surface area contributed by atoms with Crippen LogP contribution < -0.4 is 10.6 Å². The van der Waals surface area contributed by atoms with Crippen molar-refractivity contribution in [3.8, 4) is 0 Å². The third kappa shape index (κ3) is 5.04. The fourth-order valence-corrected chi connectivity index (χ4v) is 2.65. The van der Waals surface area contributed by atoms with Gasteiger partial charge >= 0.3 is 6.03 Å². The summed E-state index contributed by atoms with van der Waals surface area (Å²) < 4.78 is 2.13. The Balaban J connectivity index is 1.65. The molecule has 0 unspecified atom stereocenters. The highest BCUT2D eigenvalue weighted by Crippen LogP contribution is 2.27. The summed E-state index contributed by atoms with van der Waals surface area (Å²) in [6.45, 7) is 2.12. The molecular formula is C15H27N5O. The van der Waals surface area contributed by atoms with E-state index in [-0.39, 0.29) is 6.03 Å². The highest BCUT2D eigenvalue weighted by atomic mass is 16.2. The number of amides is 2. The number of carbonyl (C=O) groups is 1. The number of nitrogens with one attached hydrogen (secondary N) is 2. The van der Waals surface area contributed by atoms with Gasteiger partial charge in [-0.25, -0.2) is 4.79 Å². The van der Waals surface area contributed by atoms with Crippen molar-refractivity contribution in [1.82, 2.24) is 25.3 Å². The summed E-state index contributed by atoms with van der Waals surface area (Å²) in [4.78, 5) is 12.9. The molecule has 21 heavy (non-hydrogen) atoms. The molecule has 6 nitrogen and oxygen atoms in total. The molecule has 2 amide bonds. The van der Waals surface area contributed by atoms with Crippen LogP contribution in [0.2, 0.25) is 0 Å². The lowest BCUT2D eigenvalue weighted by Crippen LogP contribution is -2.38. The molecule has 1 aliphatic rings. The second-order valence-corrected chi connectivity index (χ2v) is 5.88. The van der Waals surface area contributed by atoms with Crippen LogP contribution in [-0.4, -0.2) is 47.9 Å². The number of carbonyl (C=O) groups excluding carboxylic acids is 1. The van der Waals surface area contributed by atoms with Gasteiger partial charge in [0, 0.05) is 39.9 Å². The van der Waals surface area contributed by atoms with Crippen molar-refractivity contribution in [3.63, 3.8) is 0 Å². The monoisotopic (exact) mass is 293 g/mol. The molecule has 1 aromatic heterocycles. The van der Waals surface area contributed by atoms with Gasteiger partial charge in [-0.1, -0.05) is 19.3 Å². The van der Waals surface area contributed by atoms with Crippen molar-refractivity contribution in [3.05, 3.63) is 18.0 Å². The van der Waals surface area contributed by atoms with Crippen LogP contribution in [0.3, 0.4) is 0 Å². The average Bonchev–Trinajstić information content (AvgIpc) is 2.96. The predicted molar refractivity (Wildman–Crippen MR) is 83.1 cm³/mol. The largest absolute Gasteiger partial charge is 0.337 e. The lowest BCUT2D eigenvalue weighted by Gasteiger charge is -2.21. The van der Waals surface area contributed by atoms with E-state index in [1.807, 2.05) is 0 Å². The topological polar surface area (TPSA) is 62.2 Å². The molecule has 1 saturated carbocycles. The normalized spacial score (nSPS) is 15.9. The first-order valence-corrected chi connectivity index (χ1v) is 7.86. The van der Waals surface area contributed by atoms with Gasteiger partial charge in [-0.15, -0.1) is 0 Å². The molecule has 118 valence electrons. The van der Waals surface area contributed by atoms with E-state index in [9.17, 15) is 4.79 Å². The molecule has 0 saturated heterocycles. The van der Waals surface area contributed by atoms with Crippen LogP contribution in [0.25, 0.3) is 0 Å². The molecule has 0 bridgehead atoms. The standard InChI is InChI=1S/C15H27N5O/c1-19(2)15(21)17-10-9-16-12-13-8-11-20(18-13)14-6-4-3-5-7-14/h8,11,14,16H,3-7,9-10,12H2,1-2H3,(H,17,21). The molecular weight excluding hydrogens is 266 g/mol. The van der Waals surface area contributed by atoms with E-state index in [1.54, 1.807) is 14.1 Å². The van der Waals surface area contributed by atoms with E-state index in [4.69, 9.17) is 0 Å². The summed E-state index contributed by atoms with van der Waals surface area (Å²) in [6.07, 6.45) is 8.62. The predicted octanol–water partition coefficient (Wildman–Crippen LogP) is 1.75. The molecule has 0 atom stereocenters. The SMILES string of the molecule is CN(C)C(=O)NCCNCc1ccn(C2CCCCC2)n1. The minimum absolute atomic E-state index is 0.0571. The third-order valence-electron chi connectivity index (χ3n) is 3.90. The molecule has 1 aliphatic carbocycles. The van der Waals surface area contributed by atoms with Crippen LogP contribution in [-0.2, 0) is 6.54 Å². The first kappa shape index (κ1) is 15.8. The zero-order chi connectivity index (χ0) is 15.1. The Labute approximate surface area is 126 Å². The molecule has 1 heterocycles. The summed E-state index contributed by atoms with van der Waals surface area (Å²) in [6, 6.07) is 2.62. The van der Waals surface area contributed by atoms with Gasteiger partial charge in [0.15, 0.2) is 0 Å². The Hall–Kier alpha value is -1.56. The molecule has 0 spiro atoms. The Kier molecular flexibility index (Phi) is 6.04. The minimum Gasteiger partial charge on any atom is -0.337 e. The summed E-state index contributed by atoms with van der Waals surface area (Å²) >= 11 is 0. The van der Waals surface area contributed by atoms with Gasteiger partial charge in [0.05, 0.1) is 11.7 Å². The van der Waals surface area contributed by atoms with E-state index < -0.39 is 0 Å². The van der Waals surface area contributed by atoms with Crippen molar-refractivity contribution in [1.29, 1.82) is 0 Å². The maximum absolute atomic E-state index is 11.3. The van der Waals surface area contributed by atoms with Crippen LogP contribution in [0.1, 0.15) is 43.8 Å². The number of rotatable bonds is 6. The van der Waals surface area contributed by atoms with Crippen molar-refractivity contribution in [2.45, 2.75) is 44.7 Å². The van der Waals surface area contributed by atoms with E-state index >= 15 is 0 Å². The van der Waals surface area contributed by atoms with E-state index in [2.05, 4.69) is 32.7 Å². The molecule has 1 fully saturated rings. The first-order valence-electron chi connectivity index (χ1n) is 7.86. The average molecular weight is 293 g/mol. The quantitative estimate of drug-likeness (QED) is 0.786. The van der Waals surface area contributed by atoms with E-state index in [0.717, 1.165) is 18.8 Å². The van der Waals surface area contributed by atoms with E-state index in [1.165, 1.54) is 37.0 Å². The molecule has 0 aromatic carbocycles. The molecule has 0 radical (unpaired) electrons. The summed E-state index contributed by atoms with van der Waals surface area (Å²) in [5, 5.41) is 10.8.